The Balaban J connectivity index is 2.09. The Morgan fingerprint density at radius 2 is 2.05 bits per heavy atom. The molecule has 0 spiro atoms. The first kappa shape index (κ1) is 14.9. The fourth-order valence-corrected chi connectivity index (χ4v) is 2.98. The number of hydrogen-bond acceptors (Lipinski definition) is 2. The Hall–Kier alpha value is -0.490. The number of rotatable bonds is 4. The fourth-order valence-electron chi connectivity index (χ4n) is 2.38. The Morgan fingerprint density at radius 3 is 2.68 bits per heavy atom. The largest absolute Gasteiger partial charge is 0.492 e. The van der Waals surface area contributed by atoms with E-state index in [9.17, 15) is 9.90 Å². The maximum absolute atomic E-state index is 11.2. The van der Waals surface area contributed by atoms with Crippen LogP contribution in [0.5, 0.6) is 5.75 Å². The van der Waals surface area contributed by atoms with Crippen LogP contribution in [0.25, 0.3) is 0 Å². The van der Waals surface area contributed by atoms with Crippen LogP contribution in [0, 0.1) is 9.49 Å². The lowest BCUT2D eigenvalue weighted by Crippen LogP contribution is -2.16. The van der Waals surface area contributed by atoms with E-state index in [2.05, 4.69) is 22.6 Å². The smallest absolute Gasteiger partial charge is 0.339 e. The Morgan fingerprint density at radius 1 is 1.37 bits per heavy atom. The third-order valence-corrected chi connectivity index (χ3v) is 4.98. The molecule has 19 heavy (non-hydrogen) atoms. The average molecular weight is 395 g/mol. The zero-order valence-electron chi connectivity index (χ0n) is 10.5. The van der Waals surface area contributed by atoms with Gasteiger partial charge in [0.05, 0.1) is 11.6 Å². The van der Waals surface area contributed by atoms with Gasteiger partial charge in [-0.2, -0.15) is 0 Å². The molecule has 0 aromatic heterocycles. The number of carbonyl (C=O) groups is 1. The van der Waals surface area contributed by atoms with Gasteiger partial charge in [0.1, 0.15) is 11.3 Å². The van der Waals surface area contributed by atoms with Crippen LogP contribution in [0.2, 0.25) is 5.02 Å². The van der Waals surface area contributed by atoms with Crippen LogP contribution >= 0.6 is 34.2 Å². The highest BCUT2D eigenvalue weighted by Gasteiger charge is 2.18. The number of aromatic carboxylic acids is 1. The average Bonchev–Trinajstić information content (AvgIpc) is 2.40. The normalized spacial score (nSPS) is 16.3. The minimum absolute atomic E-state index is 0.140. The molecular formula is C14H16ClIO3. The van der Waals surface area contributed by atoms with Gasteiger partial charge in [0.25, 0.3) is 0 Å². The molecule has 0 atom stereocenters. The molecule has 1 N–H and O–H groups in total. The van der Waals surface area contributed by atoms with E-state index in [0.717, 1.165) is 3.57 Å². The molecular weight excluding hydrogens is 379 g/mol. The molecule has 1 aromatic carbocycles. The molecule has 1 aliphatic carbocycles. The van der Waals surface area contributed by atoms with Crippen LogP contribution in [0.15, 0.2) is 12.1 Å². The highest BCUT2D eigenvalue weighted by Crippen LogP contribution is 2.30. The first-order valence-corrected chi connectivity index (χ1v) is 7.88. The van der Waals surface area contributed by atoms with Crippen LogP contribution in [0.4, 0.5) is 0 Å². The zero-order chi connectivity index (χ0) is 13.8. The van der Waals surface area contributed by atoms with Gasteiger partial charge in [-0.05, 0) is 53.5 Å². The Bertz CT molecular complexity index is 470. The van der Waals surface area contributed by atoms with Crippen molar-refractivity contribution in [3.05, 3.63) is 26.3 Å². The molecule has 5 heteroatoms. The van der Waals surface area contributed by atoms with Crippen LogP contribution < -0.4 is 4.74 Å². The molecule has 0 amide bonds. The highest BCUT2D eigenvalue weighted by molar-refractivity contribution is 14.1. The third-order valence-electron chi connectivity index (χ3n) is 3.45. The van der Waals surface area contributed by atoms with Crippen molar-refractivity contribution in [1.82, 2.24) is 0 Å². The van der Waals surface area contributed by atoms with E-state index in [0.29, 0.717) is 23.3 Å². The van der Waals surface area contributed by atoms with Gasteiger partial charge in [0.15, 0.2) is 0 Å². The van der Waals surface area contributed by atoms with E-state index in [1.165, 1.54) is 38.2 Å². The van der Waals surface area contributed by atoms with E-state index >= 15 is 0 Å². The van der Waals surface area contributed by atoms with Crippen molar-refractivity contribution >= 4 is 40.2 Å². The lowest BCUT2D eigenvalue weighted by Gasteiger charge is -2.22. The number of halogens is 2. The first-order valence-electron chi connectivity index (χ1n) is 6.43. The van der Waals surface area contributed by atoms with Crippen LogP contribution in [0.3, 0.4) is 0 Å². The summed E-state index contributed by atoms with van der Waals surface area (Å²) in [7, 11) is 0. The predicted octanol–water partition coefficient (Wildman–Crippen LogP) is 4.60. The summed E-state index contributed by atoms with van der Waals surface area (Å²) in [4.78, 5) is 11.2. The maximum atomic E-state index is 11.2. The van der Waals surface area contributed by atoms with Crippen molar-refractivity contribution in [2.45, 2.75) is 32.1 Å². The SMILES string of the molecule is O=C(O)c1cc(Cl)c(I)cc1OCC1CCCCC1. The quantitative estimate of drug-likeness (QED) is 0.759. The molecule has 0 aliphatic heterocycles. The summed E-state index contributed by atoms with van der Waals surface area (Å²) in [5.41, 5.74) is 0.140. The fraction of sp³-hybridized carbons (Fsp3) is 0.500. The summed E-state index contributed by atoms with van der Waals surface area (Å²) in [5, 5.41) is 9.62. The first-order chi connectivity index (χ1) is 9.08. The second-order valence-corrected chi connectivity index (χ2v) is 6.45. The molecule has 104 valence electrons. The van der Waals surface area contributed by atoms with Gasteiger partial charge in [-0.3, -0.25) is 0 Å². The standard InChI is InChI=1S/C14H16ClIO3/c15-11-6-10(14(17)18)13(7-12(11)16)19-8-9-4-2-1-3-5-9/h6-7,9H,1-5,8H2,(H,17,18). The number of benzene rings is 1. The van der Waals surface area contributed by atoms with Gasteiger partial charge < -0.3 is 9.84 Å². The molecule has 1 saturated carbocycles. The molecule has 0 unspecified atom stereocenters. The number of ether oxygens (including phenoxy) is 1. The van der Waals surface area contributed by atoms with E-state index < -0.39 is 5.97 Å². The summed E-state index contributed by atoms with van der Waals surface area (Å²) >= 11 is 8.03. The minimum Gasteiger partial charge on any atom is -0.492 e. The topological polar surface area (TPSA) is 46.5 Å². The van der Waals surface area contributed by atoms with Gasteiger partial charge in [-0.1, -0.05) is 30.9 Å². The van der Waals surface area contributed by atoms with Crippen molar-refractivity contribution in [2.75, 3.05) is 6.61 Å². The molecule has 1 aliphatic rings. The molecule has 0 heterocycles. The number of hydrogen-bond donors (Lipinski definition) is 1. The predicted molar refractivity (Wildman–Crippen MR) is 83.2 cm³/mol. The monoisotopic (exact) mass is 394 g/mol. The molecule has 0 saturated heterocycles. The summed E-state index contributed by atoms with van der Waals surface area (Å²) in [6.07, 6.45) is 6.14. The second-order valence-electron chi connectivity index (χ2n) is 4.88. The van der Waals surface area contributed by atoms with Crippen LogP contribution in [-0.2, 0) is 0 Å². The highest BCUT2D eigenvalue weighted by atomic mass is 127. The van der Waals surface area contributed by atoms with Crippen molar-refractivity contribution < 1.29 is 14.6 Å². The summed E-state index contributed by atoms with van der Waals surface area (Å²) in [6, 6.07) is 3.16. The minimum atomic E-state index is -1.00. The molecule has 0 bridgehead atoms. The molecule has 2 rings (SSSR count). The maximum Gasteiger partial charge on any atom is 0.339 e. The molecule has 1 aromatic rings. The molecule has 3 nitrogen and oxygen atoms in total. The third kappa shape index (κ3) is 3.99. The lowest BCUT2D eigenvalue weighted by atomic mass is 9.90. The number of carboxylic acid groups (broad SMARTS) is 1. The molecule has 1 fully saturated rings. The Kier molecular flexibility index (Phi) is 5.33. The second kappa shape index (κ2) is 6.79. The van der Waals surface area contributed by atoms with Crippen molar-refractivity contribution in [3.8, 4) is 5.75 Å². The van der Waals surface area contributed by atoms with Gasteiger partial charge in [-0.15, -0.1) is 0 Å². The van der Waals surface area contributed by atoms with Gasteiger partial charge in [0.2, 0.25) is 0 Å². The van der Waals surface area contributed by atoms with Gasteiger partial charge in [0, 0.05) is 3.57 Å². The van der Waals surface area contributed by atoms with Crippen molar-refractivity contribution in [3.63, 3.8) is 0 Å². The summed E-state index contributed by atoms with van der Waals surface area (Å²) < 4.78 is 6.54. The zero-order valence-corrected chi connectivity index (χ0v) is 13.4. The summed E-state index contributed by atoms with van der Waals surface area (Å²) in [6.45, 7) is 0.595. The van der Waals surface area contributed by atoms with E-state index in [4.69, 9.17) is 16.3 Å². The van der Waals surface area contributed by atoms with Crippen molar-refractivity contribution in [2.24, 2.45) is 5.92 Å². The van der Waals surface area contributed by atoms with Gasteiger partial charge in [-0.25, -0.2) is 4.79 Å². The van der Waals surface area contributed by atoms with E-state index in [1.54, 1.807) is 6.07 Å². The van der Waals surface area contributed by atoms with Gasteiger partial charge >= 0.3 is 5.97 Å². The van der Waals surface area contributed by atoms with Crippen LogP contribution in [0.1, 0.15) is 42.5 Å². The van der Waals surface area contributed by atoms with E-state index in [-0.39, 0.29) is 5.56 Å². The Labute approximate surface area is 131 Å². The van der Waals surface area contributed by atoms with Crippen molar-refractivity contribution in [1.29, 1.82) is 0 Å². The van der Waals surface area contributed by atoms with E-state index in [1.807, 2.05) is 0 Å². The number of carboxylic acids is 1. The molecule has 0 radical (unpaired) electrons. The van der Waals surface area contributed by atoms with Crippen LogP contribution in [-0.4, -0.2) is 17.7 Å². The summed E-state index contributed by atoms with van der Waals surface area (Å²) in [5.74, 6) is -0.0347. The lowest BCUT2D eigenvalue weighted by molar-refractivity contribution is 0.0690.